The molecule has 0 saturated heterocycles. The summed E-state index contributed by atoms with van der Waals surface area (Å²) in [6.45, 7) is 2.49. The van der Waals surface area contributed by atoms with Gasteiger partial charge in [-0.1, -0.05) is 18.2 Å². The lowest BCUT2D eigenvalue weighted by atomic mass is 10.1. The maximum atomic E-state index is 13.1. The van der Waals surface area contributed by atoms with Gasteiger partial charge in [0.05, 0.1) is 7.11 Å². The van der Waals surface area contributed by atoms with Gasteiger partial charge in [0, 0.05) is 12.6 Å². The van der Waals surface area contributed by atoms with E-state index in [0.717, 1.165) is 17.4 Å². The summed E-state index contributed by atoms with van der Waals surface area (Å²) in [5.41, 5.74) is 1.82. The minimum Gasteiger partial charge on any atom is -0.497 e. The molecule has 0 aromatic heterocycles. The van der Waals surface area contributed by atoms with E-state index in [4.69, 9.17) is 4.74 Å². The first-order valence-electron chi connectivity index (χ1n) is 6.41. The van der Waals surface area contributed by atoms with Gasteiger partial charge in [-0.3, -0.25) is 0 Å². The van der Waals surface area contributed by atoms with Crippen LogP contribution in [0.15, 0.2) is 42.5 Å². The van der Waals surface area contributed by atoms with Gasteiger partial charge in [-0.25, -0.2) is 8.78 Å². The second-order valence-corrected chi connectivity index (χ2v) is 4.62. The maximum absolute atomic E-state index is 13.1. The number of hydrogen-bond acceptors (Lipinski definition) is 2. The van der Waals surface area contributed by atoms with Crippen molar-refractivity contribution in [3.63, 3.8) is 0 Å². The molecule has 1 atom stereocenters. The Morgan fingerprint density at radius 2 is 1.75 bits per heavy atom. The highest BCUT2D eigenvalue weighted by atomic mass is 19.2. The van der Waals surface area contributed by atoms with E-state index in [2.05, 4.69) is 5.32 Å². The van der Waals surface area contributed by atoms with Crippen molar-refractivity contribution in [2.45, 2.75) is 19.5 Å². The summed E-state index contributed by atoms with van der Waals surface area (Å²) in [5.74, 6) is -0.833. The minimum absolute atomic E-state index is 0.106. The molecule has 20 heavy (non-hydrogen) atoms. The Kier molecular flexibility index (Phi) is 4.69. The highest BCUT2D eigenvalue weighted by Gasteiger charge is 2.07. The van der Waals surface area contributed by atoms with Crippen molar-refractivity contribution < 1.29 is 13.5 Å². The molecule has 0 unspecified atom stereocenters. The topological polar surface area (TPSA) is 21.3 Å². The van der Waals surface area contributed by atoms with Crippen LogP contribution in [0, 0.1) is 11.6 Å². The maximum Gasteiger partial charge on any atom is 0.159 e. The summed E-state index contributed by atoms with van der Waals surface area (Å²) in [6, 6.07) is 11.8. The van der Waals surface area contributed by atoms with E-state index in [9.17, 15) is 8.78 Å². The zero-order chi connectivity index (χ0) is 14.5. The Morgan fingerprint density at radius 3 is 2.35 bits per heavy atom. The lowest BCUT2D eigenvalue weighted by Gasteiger charge is -2.15. The molecule has 2 aromatic carbocycles. The number of rotatable bonds is 5. The van der Waals surface area contributed by atoms with Gasteiger partial charge >= 0.3 is 0 Å². The number of benzene rings is 2. The number of methoxy groups -OCH3 is 1. The molecule has 0 saturated carbocycles. The van der Waals surface area contributed by atoms with Crippen LogP contribution in [0.3, 0.4) is 0 Å². The first-order valence-corrected chi connectivity index (χ1v) is 6.41. The normalized spacial score (nSPS) is 12.2. The fourth-order valence-corrected chi connectivity index (χ4v) is 1.93. The summed E-state index contributed by atoms with van der Waals surface area (Å²) in [4.78, 5) is 0. The molecule has 2 aromatic rings. The van der Waals surface area contributed by atoms with Gasteiger partial charge in [0.2, 0.25) is 0 Å². The first kappa shape index (κ1) is 14.5. The van der Waals surface area contributed by atoms with E-state index in [1.165, 1.54) is 6.07 Å². The molecule has 1 N–H and O–H groups in total. The Bertz CT molecular complexity index is 569. The zero-order valence-corrected chi connectivity index (χ0v) is 11.5. The zero-order valence-electron chi connectivity index (χ0n) is 11.5. The Hall–Kier alpha value is -1.94. The van der Waals surface area contributed by atoms with Crippen molar-refractivity contribution in [1.29, 1.82) is 0 Å². The lowest BCUT2D eigenvalue weighted by Crippen LogP contribution is -2.18. The largest absolute Gasteiger partial charge is 0.497 e. The van der Waals surface area contributed by atoms with E-state index < -0.39 is 11.6 Å². The van der Waals surface area contributed by atoms with E-state index in [-0.39, 0.29) is 6.04 Å². The average molecular weight is 277 g/mol. The third-order valence-electron chi connectivity index (χ3n) is 3.21. The minimum atomic E-state index is -0.822. The van der Waals surface area contributed by atoms with Crippen LogP contribution >= 0.6 is 0 Å². The second-order valence-electron chi connectivity index (χ2n) is 4.62. The van der Waals surface area contributed by atoms with Crippen molar-refractivity contribution in [3.05, 3.63) is 65.2 Å². The van der Waals surface area contributed by atoms with Gasteiger partial charge in [0.15, 0.2) is 11.6 Å². The summed E-state index contributed by atoms with van der Waals surface area (Å²) >= 11 is 0. The van der Waals surface area contributed by atoms with Gasteiger partial charge in [0.25, 0.3) is 0 Å². The smallest absolute Gasteiger partial charge is 0.159 e. The van der Waals surface area contributed by atoms with Gasteiger partial charge < -0.3 is 10.1 Å². The van der Waals surface area contributed by atoms with Gasteiger partial charge in [-0.2, -0.15) is 0 Å². The molecule has 0 fully saturated rings. The van der Waals surface area contributed by atoms with E-state index in [0.29, 0.717) is 12.1 Å². The van der Waals surface area contributed by atoms with Crippen LogP contribution in [0.25, 0.3) is 0 Å². The molecule has 0 amide bonds. The monoisotopic (exact) mass is 277 g/mol. The molecule has 0 spiro atoms. The van der Waals surface area contributed by atoms with Gasteiger partial charge in [-0.15, -0.1) is 0 Å². The molecule has 0 heterocycles. The predicted octanol–water partition coefficient (Wildman–Crippen LogP) is 3.82. The predicted molar refractivity (Wildman–Crippen MR) is 74.6 cm³/mol. The first-order chi connectivity index (χ1) is 9.60. The van der Waals surface area contributed by atoms with Crippen LogP contribution in [0.2, 0.25) is 0 Å². The van der Waals surface area contributed by atoms with Crippen molar-refractivity contribution in [3.8, 4) is 5.75 Å². The molecule has 2 nitrogen and oxygen atoms in total. The van der Waals surface area contributed by atoms with Crippen molar-refractivity contribution in [2.24, 2.45) is 0 Å². The molecule has 2 rings (SSSR count). The molecular formula is C16H17F2NO. The van der Waals surface area contributed by atoms with E-state index in [1.54, 1.807) is 13.2 Å². The van der Waals surface area contributed by atoms with Crippen molar-refractivity contribution in [1.82, 2.24) is 5.32 Å². The number of hydrogen-bond donors (Lipinski definition) is 1. The molecule has 0 bridgehead atoms. The van der Waals surface area contributed by atoms with E-state index >= 15 is 0 Å². The van der Waals surface area contributed by atoms with Crippen LogP contribution in [-0.2, 0) is 6.54 Å². The molecule has 4 heteroatoms. The fourth-order valence-electron chi connectivity index (χ4n) is 1.93. The molecule has 106 valence electrons. The van der Waals surface area contributed by atoms with Crippen molar-refractivity contribution >= 4 is 0 Å². The Balaban J connectivity index is 1.96. The van der Waals surface area contributed by atoms with Crippen LogP contribution in [-0.4, -0.2) is 7.11 Å². The van der Waals surface area contributed by atoms with Crippen molar-refractivity contribution in [2.75, 3.05) is 7.11 Å². The quantitative estimate of drug-likeness (QED) is 0.897. The summed E-state index contributed by atoms with van der Waals surface area (Å²) in [5, 5.41) is 3.27. The van der Waals surface area contributed by atoms with E-state index in [1.807, 2.05) is 31.2 Å². The Morgan fingerprint density at radius 1 is 1.05 bits per heavy atom. The van der Waals surface area contributed by atoms with Crippen LogP contribution in [0.5, 0.6) is 5.75 Å². The van der Waals surface area contributed by atoms with Crippen LogP contribution in [0.4, 0.5) is 8.78 Å². The SMILES string of the molecule is COc1ccc([C@@H](C)NCc2ccc(F)c(F)c2)cc1. The summed E-state index contributed by atoms with van der Waals surface area (Å²) < 4.78 is 31.0. The van der Waals surface area contributed by atoms with Gasteiger partial charge in [0.1, 0.15) is 5.75 Å². The highest BCUT2D eigenvalue weighted by molar-refractivity contribution is 5.29. The number of nitrogens with one attached hydrogen (secondary N) is 1. The second kappa shape index (κ2) is 6.48. The number of halogens is 2. The third-order valence-corrected chi connectivity index (χ3v) is 3.21. The lowest BCUT2D eigenvalue weighted by molar-refractivity contribution is 0.414. The summed E-state index contributed by atoms with van der Waals surface area (Å²) in [6.07, 6.45) is 0. The van der Waals surface area contributed by atoms with Gasteiger partial charge in [-0.05, 0) is 42.3 Å². The average Bonchev–Trinajstić information content (AvgIpc) is 2.48. The van der Waals surface area contributed by atoms with Crippen LogP contribution in [0.1, 0.15) is 24.1 Å². The molecule has 0 aliphatic heterocycles. The third kappa shape index (κ3) is 3.54. The molecule has 0 aliphatic carbocycles. The summed E-state index contributed by atoms with van der Waals surface area (Å²) in [7, 11) is 1.62. The fraction of sp³-hybridized carbons (Fsp3) is 0.250. The Labute approximate surface area is 117 Å². The molecule has 0 radical (unpaired) electrons. The standard InChI is InChI=1S/C16H17F2NO/c1-11(13-4-6-14(20-2)7-5-13)19-10-12-3-8-15(17)16(18)9-12/h3-9,11,19H,10H2,1-2H3/t11-/m1/s1. The highest BCUT2D eigenvalue weighted by Crippen LogP contribution is 2.18. The van der Waals surface area contributed by atoms with Crippen LogP contribution < -0.4 is 10.1 Å². The molecule has 0 aliphatic rings. The number of ether oxygens (including phenoxy) is 1. The molecular weight excluding hydrogens is 260 g/mol.